The highest BCUT2D eigenvalue weighted by atomic mass is 32.2. The molecule has 0 aliphatic heterocycles. The summed E-state index contributed by atoms with van der Waals surface area (Å²) >= 11 is 1.48. The van der Waals surface area contributed by atoms with Crippen LogP contribution in [0.15, 0.2) is 59.6 Å². The van der Waals surface area contributed by atoms with Gasteiger partial charge in [0.05, 0.1) is 11.8 Å². The molecule has 1 aromatic heterocycles. The summed E-state index contributed by atoms with van der Waals surface area (Å²) in [6.07, 6.45) is 2.81. The molecule has 0 aliphatic carbocycles. The maximum atomic E-state index is 12.1. The first-order valence-electron chi connectivity index (χ1n) is 8.45. The van der Waals surface area contributed by atoms with Crippen LogP contribution >= 0.6 is 11.8 Å². The molecule has 7 heteroatoms. The number of benzene rings is 2. The van der Waals surface area contributed by atoms with Crippen molar-refractivity contribution in [3.8, 4) is 0 Å². The second kappa shape index (κ2) is 8.28. The normalized spacial score (nSPS) is 12.0. The van der Waals surface area contributed by atoms with Gasteiger partial charge in [0, 0.05) is 41.2 Å². The minimum atomic E-state index is -0.911. The number of hydrogen-bond acceptors (Lipinski definition) is 4. The number of rotatable bonds is 5. The van der Waals surface area contributed by atoms with Crippen molar-refractivity contribution >= 4 is 40.2 Å². The van der Waals surface area contributed by atoms with Crippen molar-refractivity contribution in [3.63, 3.8) is 0 Å². The quantitative estimate of drug-likeness (QED) is 0.467. The van der Waals surface area contributed by atoms with Crippen LogP contribution in [-0.2, 0) is 16.6 Å². The number of carbonyl (C=O) groups excluding carboxylic acids is 2. The molecule has 3 aromatic rings. The lowest BCUT2D eigenvalue weighted by Crippen LogP contribution is -2.37. The molecule has 0 bridgehead atoms. The van der Waals surface area contributed by atoms with E-state index < -0.39 is 17.9 Å². The van der Waals surface area contributed by atoms with Gasteiger partial charge < -0.3 is 20.3 Å². The molecule has 0 spiro atoms. The van der Waals surface area contributed by atoms with Crippen LogP contribution in [0, 0.1) is 0 Å². The first kappa shape index (κ1) is 19.0. The smallest absolute Gasteiger partial charge is 0.313 e. The van der Waals surface area contributed by atoms with E-state index in [1.165, 1.54) is 11.8 Å². The van der Waals surface area contributed by atoms with Gasteiger partial charge in [0.25, 0.3) is 0 Å². The van der Waals surface area contributed by atoms with Gasteiger partial charge >= 0.3 is 11.8 Å². The van der Waals surface area contributed by atoms with Crippen molar-refractivity contribution in [1.29, 1.82) is 0 Å². The predicted molar refractivity (Wildman–Crippen MR) is 108 cm³/mol. The van der Waals surface area contributed by atoms with Gasteiger partial charge in [0.2, 0.25) is 0 Å². The summed E-state index contributed by atoms with van der Waals surface area (Å²) in [4.78, 5) is 25.1. The lowest BCUT2D eigenvalue weighted by Gasteiger charge is -2.12. The van der Waals surface area contributed by atoms with E-state index in [4.69, 9.17) is 0 Å². The number of aliphatic hydroxyl groups is 1. The van der Waals surface area contributed by atoms with Gasteiger partial charge in [-0.3, -0.25) is 9.59 Å². The second-order valence-electron chi connectivity index (χ2n) is 6.09. The number of para-hydroxylation sites is 2. The summed E-state index contributed by atoms with van der Waals surface area (Å²) in [6, 6.07) is 15.0. The molecule has 0 unspecified atom stereocenters. The number of nitrogens with zero attached hydrogens (tertiary/aromatic N) is 1. The van der Waals surface area contributed by atoms with E-state index in [9.17, 15) is 14.7 Å². The fraction of sp³-hybridized carbons (Fsp3) is 0.200. The van der Waals surface area contributed by atoms with E-state index in [2.05, 4.69) is 10.6 Å². The fourth-order valence-corrected chi connectivity index (χ4v) is 3.50. The summed E-state index contributed by atoms with van der Waals surface area (Å²) in [6.45, 7) is -0.0512. The SMILES string of the molecule is CSc1ccccc1NC(=O)C(=O)NC[C@H](O)c1cn(C)c2ccccc12. The average Bonchev–Trinajstić information content (AvgIpc) is 3.03. The summed E-state index contributed by atoms with van der Waals surface area (Å²) < 4.78 is 1.92. The Morgan fingerprint density at radius 3 is 2.59 bits per heavy atom. The largest absolute Gasteiger partial charge is 0.386 e. The number of hydrogen-bond donors (Lipinski definition) is 3. The molecule has 140 valence electrons. The zero-order valence-corrected chi connectivity index (χ0v) is 15.9. The van der Waals surface area contributed by atoms with Gasteiger partial charge in [-0.1, -0.05) is 30.3 Å². The van der Waals surface area contributed by atoms with Crippen LogP contribution in [-0.4, -0.2) is 34.3 Å². The fourth-order valence-electron chi connectivity index (χ4n) is 2.95. The zero-order chi connectivity index (χ0) is 19.4. The van der Waals surface area contributed by atoms with Gasteiger partial charge in [-0.15, -0.1) is 11.8 Å². The topological polar surface area (TPSA) is 83.4 Å². The summed E-state index contributed by atoms with van der Waals surface area (Å²) in [5.74, 6) is -1.55. The molecule has 1 heterocycles. The number of amides is 2. The molecule has 27 heavy (non-hydrogen) atoms. The van der Waals surface area contributed by atoms with E-state index in [1.54, 1.807) is 12.1 Å². The number of aromatic nitrogens is 1. The van der Waals surface area contributed by atoms with Crippen molar-refractivity contribution < 1.29 is 14.7 Å². The van der Waals surface area contributed by atoms with Crippen LogP contribution in [0.5, 0.6) is 0 Å². The minimum Gasteiger partial charge on any atom is -0.386 e. The Labute approximate surface area is 161 Å². The maximum absolute atomic E-state index is 12.1. The third-order valence-corrected chi connectivity index (χ3v) is 5.10. The Kier molecular flexibility index (Phi) is 5.83. The van der Waals surface area contributed by atoms with Crippen LogP contribution in [0.2, 0.25) is 0 Å². The third-order valence-electron chi connectivity index (χ3n) is 4.30. The number of carbonyl (C=O) groups is 2. The standard InChI is InChI=1S/C20H21N3O3S/c1-23-12-14(13-7-3-5-9-16(13)23)17(24)11-21-19(25)20(26)22-15-8-4-6-10-18(15)27-2/h3-10,12,17,24H,11H2,1-2H3,(H,21,25)(H,22,26)/t17-/m0/s1. The highest BCUT2D eigenvalue weighted by Crippen LogP contribution is 2.26. The number of fused-ring (bicyclic) bond motifs is 1. The summed E-state index contributed by atoms with van der Waals surface area (Å²) in [7, 11) is 1.90. The van der Waals surface area contributed by atoms with Crippen LogP contribution in [0.1, 0.15) is 11.7 Å². The third kappa shape index (κ3) is 4.15. The lowest BCUT2D eigenvalue weighted by atomic mass is 10.1. The summed E-state index contributed by atoms with van der Waals surface area (Å²) in [5, 5.41) is 16.5. The predicted octanol–water partition coefficient (Wildman–Crippen LogP) is 2.69. The van der Waals surface area contributed by atoms with Crippen molar-refractivity contribution in [3.05, 3.63) is 60.3 Å². The zero-order valence-electron chi connectivity index (χ0n) is 15.1. The highest BCUT2D eigenvalue weighted by molar-refractivity contribution is 7.98. The van der Waals surface area contributed by atoms with Gasteiger partial charge in [-0.05, 0) is 24.5 Å². The van der Waals surface area contributed by atoms with E-state index in [0.29, 0.717) is 11.3 Å². The van der Waals surface area contributed by atoms with Gasteiger partial charge in [-0.2, -0.15) is 0 Å². The maximum Gasteiger partial charge on any atom is 0.313 e. The first-order chi connectivity index (χ1) is 13.0. The van der Waals surface area contributed by atoms with E-state index in [0.717, 1.165) is 15.8 Å². The first-order valence-corrected chi connectivity index (χ1v) is 9.68. The minimum absolute atomic E-state index is 0.0512. The van der Waals surface area contributed by atoms with Gasteiger partial charge in [-0.25, -0.2) is 0 Å². The van der Waals surface area contributed by atoms with E-state index >= 15 is 0 Å². The molecule has 2 amide bonds. The van der Waals surface area contributed by atoms with E-state index in [-0.39, 0.29) is 6.54 Å². The number of anilines is 1. The second-order valence-corrected chi connectivity index (χ2v) is 6.94. The summed E-state index contributed by atoms with van der Waals surface area (Å²) in [5.41, 5.74) is 2.28. The van der Waals surface area contributed by atoms with Gasteiger partial charge in [0.15, 0.2) is 0 Å². The Hall–Kier alpha value is -2.77. The molecular weight excluding hydrogens is 362 g/mol. The number of aliphatic hydroxyl groups excluding tert-OH is 1. The molecule has 0 radical (unpaired) electrons. The van der Waals surface area contributed by atoms with Crippen LogP contribution in [0.4, 0.5) is 5.69 Å². The highest BCUT2D eigenvalue weighted by Gasteiger charge is 2.19. The number of aryl methyl sites for hydroxylation is 1. The van der Waals surface area contributed by atoms with E-state index in [1.807, 2.05) is 60.5 Å². The van der Waals surface area contributed by atoms with Crippen molar-refractivity contribution in [1.82, 2.24) is 9.88 Å². The molecule has 0 fully saturated rings. The number of thioether (sulfide) groups is 1. The molecule has 0 aliphatic rings. The molecule has 2 aromatic carbocycles. The van der Waals surface area contributed by atoms with Crippen LogP contribution in [0.25, 0.3) is 10.9 Å². The molecule has 3 rings (SSSR count). The monoisotopic (exact) mass is 383 g/mol. The Bertz CT molecular complexity index is 984. The molecule has 6 nitrogen and oxygen atoms in total. The Morgan fingerprint density at radius 1 is 1.11 bits per heavy atom. The van der Waals surface area contributed by atoms with Crippen molar-refractivity contribution in [2.45, 2.75) is 11.0 Å². The van der Waals surface area contributed by atoms with Crippen LogP contribution in [0.3, 0.4) is 0 Å². The lowest BCUT2D eigenvalue weighted by molar-refractivity contribution is -0.136. The Morgan fingerprint density at radius 2 is 1.81 bits per heavy atom. The average molecular weight is 383 g/mol. The molecular formula is C20H21N3O3S. The van der Waals surface area contributed by atoms with Crippen molar-refractivity contribution in [2.24, 2.45) is 7.05 Å². The van der Waals surface area contributed by atoms with Crippen LogP contribution < -0.4 is 10.6 Å². The molecule has 0 saturated carbocycles. The molecule has 0 saturated heterocycles. The van der Waals surface area contributed by atoms with Gasteiger partial charge in [0.1, 0.15) is 0 Å². The Balaban J connectivity index is 1.63. The molecule has 3 N–H and O–H groups in total. The molecule has 1 atom stereocenters. The van der Waals surface area contributed by atoms with Crippen molar-refractivity contribution in [2.75, 3.05) is 18.1 Å². The number of nitrogens with one attached hydrogen (secondary N) is 2.